The molecule has 1 saturated carbocycles. The number of rotatable bonds is 6. The maximum Gasteiger partial charge on any atom is 0.405 e. The van der Waals surface area contributed by atoms with E-state index >= 15 is 0 Å². The zero-order chi connectivity index (χ0) is 30.0. The van der Waals surface area contributed by atoms with Crippen LogP contribution in [0.5, 0.6) is 0 Å². The molecule has 1 aliphatic carbocycles. The molecule has 0 aromatic carbocycles. The fourth-order valence-electron chi connectivity index (χ4n) is 6.18. The molecule has 0 radical (unpaired) electrons. The van der Waals surface area contributed by atoms with Crippen molar-refractivity contribution in [2.45, 2.75) is 63.7 Å². The highest BCUT2D eigenvalue weighted by Gasteiger charge is 2.51. The summed E-state index contributed by atoms with van der Waals surface area (Å²) in [7, 11) is -8.39. The largest absolute Gasteiger partial charge is 0.405 e. The molecule has 4 atom stereocenters. The highest BCUT2D eigenvalue weighted by atomic mass is 32.2. The van der Waals surface area contributed by atoms with Crippen molar-refractivity contribution in [3.05, 3.63) is 65.5 Å². The molecule has 11 nitrogen and oxygen atoms in total. The van der Waals surface area contributed by atoms with E-state index in [1.165, 1.54) is 18.5 Å². The minimum Gasteiger partial charge on any atom is -0.351 e. The first-order valence-electron chi connectivity index (χ1n) is 13.5. The Morgan fingerprint density at radius 3 is 2.62 bits per heavy atom. The first-order valence-corrected chi connectivity index (χ1v) is 16.4. The van der Waals surface area contributed by atoms with Crippen molar-refractivity contribution < 1.29 is 30.0 Å². The SMILES string of the molecule is CC1=CC=C(S(=O)(=O)n2ccc3c2ncc2cnc([C@H]4C[C@@H](NS(=O)(=O)N5CCC[C@@H]5C(F)(F)F)C[C@H]4C)n23)NC=C1. The summed E-state index contributed by atoms with van der Waals surface area (Å²) in [6.45, 7) is 3.61. The van der Waals surface area contributed by atoms with Gasteiger partial charge in [0.15, 0.2) is 10.7 Å². The monoisotopic (exact) mass is 625 g/mol. The highest BCUT2D eigenvalue weighted by molar-refractivity contribution is 7.93. The Morgan fingerprint density at radius 1 is 1.10 bits per heavy atom. The van der Waals surface area contributed by atoms with Gasteiger partial charge in [0.2, 0.25) is 0 Å². The van der Waals surface area contributed by atoms with Crippen LogP contribution in [0.2, 0.25) is 0 Å². The molecule has 0 spiro atoms. The van der Waals surface area contributed by atoms with Crippen molar-refractivity contribution in [1.82, 2.24) is 32.7 Å². The summed E-state index contributed by atoms with van der Waals surface area (Å²) in [5, 5.41) is 2.78. The predicted octanol–water partition coefficient (Wildman–Crippen LogP) is 3.51. The molecule has 2 aliphatic heterocycles. The zero-order valence-electron chi connectivity index (χ0n) is 22.8. The number of fused-ring (bicyclic) bond motifs is 3. The van der Waals surface area contributed by atoms with E-state index in [-0.39, 0.29) is 41.9 Å². The summed E-state index contributed by atoms with van der Waals surface area (Å²) in [5.74, 6) is 0.299. The van der Waals surface area contributed by atoms with Gasteiger partial charge in [0.25, 0.3) is 20.2 Å². The average Bonchev–Trinajstić information content (AvgIpc) is 3.67. The van der Waals surface area contributed by atoms with Crippen molar-refractivity contribution >= 4 is 36.9 Å². The summed E-state index contributed by atoms with van der Waals surface area (Å²) in [6.07, 6.45) is 7.02. The summed E-state index contributed by atoms with van der Waals surface area (Å²) in [4.78, 5) is 9.01. The normalized spacial score (nSPS) is 26.0. The van der Waals surface area contributed by atoms with Crippen LogP contribution < -0.4 is 10.0 Å². The van der Waals surface area contributed by atoms with Crippen LogP contribution in [0.1, 0.15) is 51.3 Å². The van der Waals surface area contributed by atoms with E-state index in [9.17, 15) is 30.0 Å². The summed E-state index contributed by atoms with van der Waals surface area (Å²) in [6, 6.07) is -0.976. The Morgan fingerprint density at radius 2 is 1.86 bits per heavy atom. The van der Waals surface area contributed by atoms with Crippen molar-refractivity contribution in [3.63, 3.8) is 0 Å². The van der Waals surface area contributed by atoms with Gasteiger partial charge >= 0.3 is 6.18 Å². The minimum atomic E-state index is -4.63. The van der Waals surface area contributed by atoms with Crippen LogP contribution in [0, 0.1) is 5.92 Å². The van der Waals surface area contributed by atoms with Gasteiger partial charge in [-0.15, -0.1) is 0 Å². The number of aromatic nitrogens is 4. The van der Waals surface area contributed by atoms with Crippen molar-refractivity contribution in [2.75, 3.05) is 6.54 Å². The van der Waals surface area contributed by atoms with Crippen molar-refractivity contribution in [1.29, 1.82) is 0 Å². The lowest BCUT2D eigenvalue weighted by molar-refractivity contribution is -0.165. The van der Waals surface area contributed by atoms with Crippen molar-refractivity contribution in [3.8, 4) is 0 Å². The molecule has 0 bridgehead atoms. The Kier molecular flexibility index (Phi) is 7.02. The second kappa shape index (κ2) is 10.2. The zero-order valence-corrected chi connectivity index (χ0v) is 24.4. The van der Waals surface area contributed by atoms with Gasteiger partial charge < -0.3 is 5.32 Å². The number of nitrogens with one attached hydrogen (secondary N) is 2. The predicted molar refractivity (Wildman–Crippen MR) is 150 cm³/mol. The maximum atomic E-state index is 13.5. The Bertz CT molecular complexity index is 1860. The van der Waals surface area contributed by atoms with Gasteiger partial charge in [0, 0.05) is 30.9 Å². The second-order valence-corrected chi connectivity index (χ2v) is 14.5. The second-order valence-electron chi connectivity index (χ2n) is 11.1. The number of alkyl halides is 3. The number of nitrogens with zero attached hydrogens (tertiary/aromatic N) is 5. The molecule has 226 valence electrons. The lowest BCUT2D eigenvalue weighted by atomic mass is 9.97. The lowest BCUT2D eigenvalue weighted by Gasteiger charge is -2.27. The quantitative estimate of drug-likeness (QED) is 0.429. The van der Waals surface area contributed by atoms with E-state index in [0.29, 0.717) is 34.0 Å². The molecule has 3 aromatic rings. The fourth-order valence-corrected chi connectivity index (χ4v) is 9.12. The van der Waals surface area contributed by atoms with Gasteiger partial charge in [-0.25, -0.2) is 13.9 Å². The molecule has 42 heavy (non-hydrogen) atoms. The van der Waals surface area contributed by atoms with Crippen LogP contribution in [0.3, 0.4) is 0 Å². The number of imidazole rings is 1. The van der Waals surface area contributed by atoms with Crippen LogP contribution in [0.4, 0.5) is 13.2 Å². The van der Waals surface area contributed by atoms with Crippen LogP contribution in [0.15, 0.2) is 59.7 Å². The Balaban J connectivity index is 1.30. The van der Waals surface area contributed by atoms with Crippen LogP contribution in [-0.2, 0) is 20.2 Å². The maximum absolute atomic E-state index is 13.5. The van der Waals surface area contributed by atoms with Crippen molar-refractivity contribution in [2.24, 2.45) is 5.92 Å². The average molecular weight is 626 g/mol. The van der Waals surface area contributed by atoms with E-state index in [4.69, 9.17) is 0 Å². The van der Waals surface area contributed by atoms with Crippen LogP contribution in [0.25, 0.3) is 16.7 Å². The topological polar surface area (TPSA) is 131 Å². The van der Waals surface area contributed by atoms with E-state index < -0.39 is 38.5 Å². The van der Waals surface area contributed by atoms with E-state index in [0.717, 1.165) is 9.55 Å². The van der Waals surface area contributed by atoms with Gasteiger partial charge in [0.1, 0.15) is 11.9 Å². The number of allylic oxidation sites excluding steroid dienone is 4. The fraction of sp³-hybridized carbons (Fsp3) is 0.462. The van der Waals surface area contributed by atoms with Gasteiger partial charge in [-0.2, -0.15) is 39.0 Å². The molecule has 1 saturated heterocycles. The third-order valence-electron chi connectivity index (χ3n) is 8.21. The minimum absolute atomic E-state index is 0.0221. The first-order chi connectivity index (χ1) is 19.8. The van der Waals surface area contributed by atoms with E-state index in [1.807, 2.05) is 18.2 Å². The molecule has 6 rings (SSSR count). The molecule has 3 aliphatic rings. The third kappa shape index (κ3) is 4.93. The molecule has 0 amide bonds. The van der Waals surface area contributed by atoms with E-state index in [1.54, 1.807) is 30.6 Å². The molecule has 2 N–H and O–H groups in total. The molecule has 5 heterocycles. The van der Waals surface area contributed by atoms with Gasteiger partial charge in [-0.3, -0.25) is 4.40 Å². The van der Waals surface area contributed by atoms with Gasteiger partial charge in [0.05, 0.1) is 23.4 Å². The van der Waals surface area contributed by atoms with Gasteiger partial charge in [-0.1, -0.05) is 13.0 Å². The molecular formula is C26H30F3N7O4S2. The highest BCUT2D eigenvalue weighted by Crippen LogP contribution is 2.41. The molecule has 16 heteroatoms. The summed E-state index contributed by atoms with van der Waals surface area (Å²) < 4.78 is 99.4. The van der Waals surface area contributed by atoms with E-state index in [2.05, 4.69) is 20.0 Å². The first kappa shape index (κ1) is 28.9. The number of hydrogen-bond acceptors (Lipinski definition) is 7. The Hall–Kier alpha value is -3.21. The number of hydrogen-bond donors (Lipinski definition) is 2. The lowest BCUT2D eigenvalue weighted by Crippen LogP contribution is -2.51. The molecule has 3 aromatic heterocycles. The third-order valence-corrected chi connectivity index (χ3v) is 11.5. The van der Waals surface area contributed by atoms with Gasteiger partial charge in [-0.05, 0) is 62.3 Å². The summed E-state index contributed by atoms with van der Waals surface area (Å²) in [5.41, 5.74) is 2.19. The van der Waals surface area contributed by atoms with Crippen LogP contribution in [-0.4, -0.2) is 64.3 Å². The summed E-state index contributed by atoms with van der Waals surface area (Å²) >= 11 is 0. The number of halogens is 3. The Labute approximate surface area is 241 Å². The molecule has 2 fully saturated rings. The molecular weight excluding hydrogens is 595 g/mol. The van der Waals surface area contributed by atoms with Crippen LogP contribution >= 0.6 is 0 Å². The smallest absolute Gasteiger partial charge is 0.351 e. The molecule has 0 unspecified atom stereocenters. The standard InChI is InChI=1S/C26H30F3N7O4S2/c1-16-5-6-23(30-9-7-16)41(37,38)35-11-8-21-25(35)32-15-19-14-31-24(36(19)21)20-13-18(12-17(20)2)33-42(39,40)34-10-3-4-22(34)26(27,28)29/h5-9,11,14-15,17-18,20,22,30,33H,3-4,10,12-13H2,1-2H3/t17-,18+,20+,22-/m1/s1.